The average Bonchev–Trinajstić information content (AvgIpc) is 3.37. The Kier molecular flexibility index (Phi) is 3.84. The largest absolute Gasteiger partial charge is 0.492 e. The van der Waals surface area contributed by atoms with Crippen LogP contribution in [0.5, 0.6) is 5.75 Å². The smallest absolute Gasteiger partial charge is 0.263 e. The number of nitrogens with one attached hydrogen (secondary N) is 1. The zero-order chi connectivity index (χ0) is 18.5. The van der Waals surface area contributed by atoms with E-state index in [2.05, 4.69) is 11.9 Å². The van der Waals surface area contributed by atoms with E-state index in [1.165, 1.54) is 4.90 Å². The van der Waals surface area contributed by atoms with Gasteiger partial charge in [0, 0.05) is 23.1 Å². The minimum Gasteiger partial charge on any atom is -0.492 e. The zero-order valence-electron chi connectivity index (χ0n) is 14.3. The number of carbonyl (C=O) groups is 3. The summed E-state index contributed by atoms with van der Waals surface area (Å²) in [4.78, 5) is 38.0. The molecule has 1 saturated carbocycles. The lowest BCUT2D eigenvalue weighted by Crippen LogP contribution is -2.52. The topological polar surface area (TPSA) is 95.9 Å². The van der Waals surface area contributed by atoms with Crippen molar-refractivity contribution in [2.75, 3.05) is 13.2 Å². The second-order valence-electron chi connectivity index (χ2n) is 7.21. The molecule has 1 aliphatic carbocycles. The number of nitrogens with zero attached hydrogens (tertiary/aromatic N) is 1. The molecular weight excluding hydrogens is 336 g/mol. The molecule has 1 aromatic carbocycles. The van der Waals surface area contributed by atoms with E-state index in [1.54, 1.807) is 18.2 Å². The summed E-state index contributed by atoms with van der Waals surface area (Å²) >= 11 is 0. The third-order valence-electron chi connectivity index (χ3n) is 5.41. The van der Waals surface area contributed by atoms with E-state index in [0.717, 1.165) is 12.8 Å². The Morgan fingerprint density at radius 1 is 1.31 bits per heavy atom. The minimum absolute atomic E-state index is 0.0606. The molecule has 4 rings (SSSR count). The van der Waals surface area contributed by atoms with E-state index in [9.17, 15) is 19.5 Å². The maximum absolute atomic E-state index is 13.0. The Labute approximate surface area is 150 Å². The molecule has 0 aromatic heterocycles. The molecule has 1 saturated heterocycles. The lowest BCUT2D eigenvalue weighted by molar-refractivity contribution is -0.136. The summed E-state index contributed by atoms with van der Waals surface area (Å²) < 4.78 is 5.86. The predicted molar refractivity (Wildman–Crippen MR) is 92.1 cm³/mol. The Balaban J connectivity index is 1.61. The lowest BCUT2D eigenvalue weighted by Gasteiger charge is -2.30. The van der Waals surface area contributed by atoms with Crippen LogP contribution in [0.1, 0.15) is 41.6 Å². The van der Waals surface area contributed by atoms with Crippen molar-refractivity contribution in [3.05, 3.63) is 35.9 Å². The number of aliphatic hydroxyl groups is 1. The van der Waals surface area contributed by atoms with Crippen LogP contribution in [0.25, 0.3) is 5.70 Å². The summed E-state index contributed by atoms with van der Waals surface area (Å²) in [7, 11) is 0. The van der Waals surface area contributed by atoms with Gasteiger partial charge in [-0.05, 0) is 25.3 Å². The summed E-state index contributed by atoms with van der Waals surface area (Å²) in [5.74, 6) is -0.723. The first-order valence-corrected chi connectivity index (χ1v) is 8.69. The molecule has 7 heteroatoms. The molecule has 26 heavy (non-hydrogen) atoms. The number of piperidine rings is 1. The highest BCUT2D eigenvalue weighted by atomic mass is 16.5. The van der Waals surface area contributed by atoms with Gasteiger partial charge in [-0.1, -0.05) is 18.7 Å². The number of hydrogen-bond acceptors (Lipinski definition) is 5. The van der Waals surface area contributed by atoms with Gasteiger partial charge in [-0.15, -0.1) is 0 Å². The van der Waals surface area contributed by atoms with Crippen LogP contribution in [0, 0.1) is 5.41 Å². The fourth-order valence-corrected chi connectivity index (χ4v) is 3.50. The molecule has 1 atom stereocenters. The molecular formula is C19H20N2O5. The highest BCUT2D eigenvalue weighted by Gasteiger charge is 2.45. The van der Waals surface area contributed by atoms with E-state index >= 15 is 0 Å². The quantitative estimate of drug-likeness (QED) is 0.770. The van der Waals surface area contributed by atoms with Crippen molar-refractivity contribution in [1.82, 2.24) is 10.2 Å². The predicted octanol–water partition coefficient (Wildman–Crippen LogP) is 1.07. The van der Waals surface area contributed by atoms with Crippen molar-refractivity contribution in [1.29, 1.82) is 0 Å². The second-order valence-corrected chi connectivity index (χ2v) is 7.21. The first kappa shape index (κ1) is 16.8. The van der Waals surface area contributed by atoms with Gasteiger partial charge in [-0.2, -0.15) is 0 Å². The number of benzene rings is 1. The van der Waals surface area contributed by atoms with Gasteiger partial charge in [0.1, 0.15) is 11.8 Å². The SMILES string of the molecule is C=C1c2cccc(OCC3(CO)CC3)c2C(=O)N1C1CCC(=O)NC1=O. The molecule has 2 fully saturated rings. The van der Waals surface area contributed by atoms with Crippen LogP contribution < -0.4 is 10.1 Å². The third-order valence-corrected chi connectivity index (χ3v) is 5.41. The number of aliphatic hydroxyl groups excluding tert-OH is 1. The summed E-state index contributed by atoms with van der Waals surface area (Å²) in [6, 6.07) is 4.51. The fourth-order valence-electron chi connectivity index (χ4n) is 3.50. The highest BCUT2D eigenvalue weighted by Crippen LogP contribution is 2.46. The normalized spacial score (nSPS) is 23.7. The van der Waals surface area contributed by atoms with Gasteiger partial charge in [0.05, 0.1) is 18.8 Å². The van der Waals surface area contributed by atoms with Crippen LogP contribution in [-0.4, -0.2) is 47.0 Å². The summed E-state index contributed by atoms with van der Waals surface area (Å²) in [6.45, 7) is 4.39. The Morgan fingerprint density at radius 2 is 2.08 bits per heavy atom. The molecule has 0 radical (unpaired) electrons. The lowest BCUT2D eigenvalue weighted by atomic mass is 10.0. The van der Waals surface area contributed by atoms with Gasteiger partial charge in [0.25, 0.3) is 5.91 Å². The number of ether oxygens (including phenoxy) is 1. The number of imide groups is 1. The van der Waals surface area contributed by atoms with Crippen LogP contribution in [-0.2, 0) is 9.59 Å². The number of fused-ring (bicyclic) bond motifs is 1. The van der Waals surface area contributed by atoms with Gasteiger partial charge < -0.3 is 9.84 Å². The number of amides is 3. The van der Waals surface area contributed by atoms with Gasteiger partial charge in [0.2, 0.25) is 11.8 Å². The van der Waals surface area contributed by atoms with Crippen molar-refractivity contribution < 1.29 is 24.2 Å². The molecule has 7 nitrogen and oxygen atoms in total. The highest BCUT2D eigenvalue weighted by molar-refractivity contribution is 6.14. The van der Waals surface area contributed by atoms with Crippen LogP contribution in [0.3, 0.4) is 0 Å². The van der Waals surface area contributed by atoms with Crippen LogP contribution in [0.2, 0.25) is 0 Å². The minimum atomic E-state index is -0.750. The Bertz CT molecular complexity index is 827. The molecule has 136 valence electrons. The summed E-state index contributed by atoms with van der Waals surface area (Å²) in [5.41, 5.74) is 1.25. The van der Waals surface area contributed by atoms with Crippen molar-refractivity contribution >= 4 is 23.4 Å². The van der Waals surface area contributed by atoms with Crippen molar-refractivity contribution in [2.24, 2.45) is 5.41 Å². The third kappa shape index (κ3) is 2.59. The number of carbonyl (C=O) groups excluding carboxylic acids is 3. The first-order valence-electron chi connectivity index (χ1n) is 8.69. The van der Waals surface area contributed by atoms with Gasteiger partial charge in [-0.25, -0.2) is 0 Å². The number of rotatable bonds is 5. The van der Waals surface area contributed by atoms with Crippen LogP contribution in [0.15, 0.2) is 24.8 Å². The fraction of sp³-hybridized carbons (Fsp3) is 0.421. The van der Waals surface area contributed by atoms with E-state index in [1.807, 2.05) is 0 Å². The Hall–Kier alpha value is -2.67. The standard InChI is InChI=1S/C19H20N2O5/c1-11-12-3-2-4-14(26-10-19(9-22)7-8-19)16(12)18(25)21(11)13-5-6-15(23)20-17(13)24/h2-4,13,22H,1,5-10H2,(H,20,23,24). The molecule has 1 aromatic rings. The maximum Gasteiger partial charge on any atom is 0.263 e. The number of hydrogen-bond donors (Lipinski definition) is 2. The van der Waals surface area contributed by atoms with Gasteiger partial charge >= 0.3 is 0 Å². The van der Waals surface area contributed by atoms with E-state index in [4.69, 9.17) is 4.74 Å². The van der Waals surface area contributed by atoms with Crippen molar-refractivity contribution in [2.45, 2.75) is 31.7 Å². The van der Waals surface area contributed by atoms with Gasteiger partial charge in [0.15, 0.2) is 0 Å². The molecule has 1 unspecified atom stereocenters. The summed E-state index contributed by atoms with van der Waals surface area (Å²) in [5, 5.41) is 11.7. The van der Waals surface area contributed by atoms with Crippen molar-refractivity contribution in [3.8, 4) is 5.75 Å². The van der Waals surface area contributed by atoms with Gasteiger partial charge in [-0.3, -0.25) is 24.6 Å². The molecule has 2 aliphatic heterocycles. The van der Waals surface area contributed by atoms with E-state index in [-0.39, 0.29) is 36.7 Å². The van der Waals surface area contributed by atoms with E-state index < -0.39 is 11.9 Å². The molecule has 2 heterocycles. The molecule has 0 spiro atoms. The van der Waals surface area contributed by atoms with Crippen molar-refractivity contribution in [3.63, 3.8) is 0 Å². The molecule has 3 amide bonds. The Morgan fingerprint density at radius 3 is 2.73 bits per heavy atom. The zero-order valence-corrected chi connectivity index (χ0v) is 14.3. The second kappa shape index (κ2) is 5.95. The average molecular weight is 356 g/mol. The van der Waals surface area contributed by atoms with Crippen LogP contribution >= 0.6 is 0 Å². The molecule has 2 N–H and O–H groups in total. The van der Waals surface area contributed by atoms with E-state index in [0.29, 0.717) is 29.2 Å². The monoisotopic (exact) mass is 356 g/mol. The summed E-state index contributed by atoms with van der Waals surface area (Å²) in [6.07, 6.45) is 2.27. The molecule has 0 bridgehead atoms. The maximum atomic E-state index is 13.0. The van der Waals surface area contributed by atoms with Crippen LogP contribution in [0.4, 0.5) is 0 Å². The first-order chi connectivity index (χ1) is 12.5. The molecule has 3 aliphatic rings.